The van der Waals surface area contributed by atoms with Gasteiger partial charge in [0.25, 0.3) is 0 Å². The first kappa shape index (κ1) is 10.7. The van der Waals surface area contributed by atoms with Crippen LogP contribution in [0.3, 0.4) is 0 Å². The molecule has 0 bridgehead atoms. The summed E-state index contributed by atoms with van der Waals surface area (Å²) in [6.07, 6.45) is 2.14. The smallest absolute Gasteiger partial charge is 0.0839 e. The molecule has 15 heavy (non-hydrogen) atoms. The Labute approximate surface area is 91.4 Å². The van der Waals surface area contributed by atoms with Crippen LogP contribution in [0.15, 0.2) is 18.2 Å². The number of hydrogen-bond acceptors (Lipinski definition) is 2. The Morgan fingerprint density at radius 3 is 2.73 bits per heavy atom. The third kappa shape index (κ3) is 2.39. The maximum Gasteiger partial charge on any atom is 0.0839 e. The molecule has 2 nitrogen and oxygen atoms in total. The summed E-state index contributed by atoms with van der Waals surface area (Å²) in [5.74, 6) is 0. The second-order valence-electron chi connectivity index (χ2n) is 4.49. The van der Waals surface area contributed by atoms with Crippen LogP contribution in [-0.4, -0.2) is 12.6 Å². The molecule has 2 unspecified atom stereocenters. The number of ether oxygens (including phenoxy) is 1. The van der Waals surface area contributed by atoms with Crippen molar-refractivity contribution in [2.45, 2.75) is 38.8 Å². The van der Waals surface area contributed by atoms with Crippen molar-refractivity contribution in [1.29, 1.82) is 0 Å². The van der Waals surface area contributed by atoms with Crippen molar-refractivity contribution in [2.24, 2.45) is 5.73 Å². The van der Waals surface area contributed by atoms with E-state index in [4.69, 9.17) is 10.5 Å². The molecule has 0 radical (unpaired) electrons. The van der Waals surface area contributed by atoms with Crippen molar-refractivity contribution in [3.8, 4) is 0 Å². The quantitative estimate of drug-likeness (QED) is 0.764. The van der Waals surface area contributed by atoms with Gasteiger partial charge in [-0.1, -0.05) is 18.2 Å². The summed E-state index contributed by atoms with van der Waals surface area (Å²) in [5.41, 5.74) is 9.88. The molecule has 1 fully saturated rings. The fraction of sp³-hybridized carbons (Fsp3) is 0.538. The Balaban J connectivity index is 2.18. The highest BCUT2D eigenvalue weighted by atomic mass is 16.5. The van der Waals surface area contributed by atoms with Gasteiger partial charge in [0, 0.05) is 12.6 Å². The van der Waals surface area contributed by atoms with Gasteiger partial charge in [-0.3, -0.25) is 0 Å². The predicted molar refractivity (Wildman–Crippen MR) is 61.8 cm³/mol. The number of hydrogen-bond donors (Lipinski definition) is 1. The van der Waals surface area contributed by atoms with Crippen molar-refractivity contribution < 1.29 is 4.74 Å². The molecule has 0 spiro atoms. The number of rotatable bonds is 1. The molecule has 82 valence electrons. The van der Waals surface area contributed by atoms with E-state index in [0.717, 1.165) is 19.4 Å². The van der Waals surface area contributed by atoms with Gasteiger partial charge >= 0.3 is 0 Å². The Kier molecular flexibility index (Phi) is 3.08. The number of nitrogens with two attached hydrogens (primary N) is 1. The van der Waals surface area contributed by atoms with Gasteiger partial charge in [-0.2, -0.15) is 0 Å². The van der Waals surface area contributed by atoms with Crippen molar-refractivity contribution in [3.05, 3.63) is 34.9 Å². The van der Waals surface area contributed by atoms with Crippen LogP contribution in [0, 0.1) is 13.8 Å². The molecule has 1 saturated heterocycles. The molecule has 0 aromatic heterocycles. The van der Waals surface area contributed by atoms with E-state index >= 15 is 0 Å². The van der Waals surface area contributed by atoms with Gasteiger partial charge < -0.3 is 10.5 Å². The lowest BCUT2D eigenvalue weighted by Gasteiger charge is -2.27. The van der Waals surface area contributed by atoms with Crippen LogP contribution in [0.5, 0.6) is 0 Å². The second kappa shape index (κ2) is 4.33. The fourth-order valence-electron chi connectivity index (χ4n) is 2.02. The lowest BCUT2D eigenvalue weighted by atomic mass is 9.96. The largest absolute Gasteiger partial charge is 0.373 e. The summed E-state index contributed by atoms with van der Waals surface area (Å²) < 4.78 is 5.75. The Bertz CT molecular complexity index is 348. The van der Waals surface area contributed by atoms with E-state index < -0.39 is 0 Å². The van der Waals surface area contributed by atoms with E-state index in [1.807, 2.05) is 0 Å². The van der Waals surface area contributed by atoms with Crippen LogP contribution in [0.25, 0.3) is 0 Å². The molecule has 1 aliphatic heterocycles. The highest BCUT2D eigenvalue weighted by Crippen LogP contribution is 2.28. The summed E-state index contributed by atoms with van der Waals surface area (Å²) in [7, 11) is 0. The molecular weight excluding hydrogens is 186 g/mol. The SMILES string of the molecule is Cc1ccc(C2CC(N)CCO2)cc1C. The molecule has 2 heteroatoms. The normalized spacial score (nSPS) is 26.6. The molecule has 1 heterocycles. The third-order valence-electron chi connectivity index (χ3n) is 3.23. The van der Waals surface area contributed by atoms with Crippen LogP contribution < -0.4 is 5.73 Å². The van der Waals surface area contributed by atoms with Gasteiger partial charge in [-0.15, -0.1) is 0 Å². The summed E-state index contributed by atoms with van der Waals surface area (Å²) in [4.78, 5) is 0. The average molecular weight is 205 g/mol. The fourth-order valence-corrected chi connectivity index (χ4v) is 2.02. The van der Waals surface area contributed by atoms with Crippen molar-refractivity contribution in [2.75, 3.05) is 6.61 Å². The van der Waals surface area contributed by atoms with Crippen LogP contribution in [-0.2, 0) is 4.74 Å². The molecule has 2 atom stereocenters. The molecule has 1 aromatic carbocycles. The van der Waals surface area contributed by atoms with Crippen molar-refractivity contribution in [3.63, 3.8) is 0 Å². The molecule has 2 rings (SSSR count). The van der Waals surface area contributed by atoms with Gasteiger partial charge in [0.2, 0.25) is 0 Å². The van der Waals surface area contributed by atoms with Crippen LogP contribution in [0.1, 0.15) is 35.6 Å². The van der Waals surface area contributed by atoms with Gasteiger partial charge in [0.1, 0.15) is 0 Å². The molecule has 0 amide bonds. The first-order chi connectivity index (χ1) is 7.16. The van der Waals surface area contributed by atoms with Crippen molar-refractivity contribution in [1.82, 2.24) is 0 Å². The Hall–Kier alpha value is -0.860. The molecule has 1 aromatic rings. The van der Waals surface area contributed by atoms with E-state index in [9.17, 15) is 0 Å². The minimum atomic E-state index is 0.202. The molecule has 1 aliphatic rings. The van der Waals surface area contributed by atoms with Crippen molar-refractivity contribution >= 4 is 0 Å². The minimum absolute atomic E-state index is 0.202. The monoisotopic (exact) mass is 205 g/mol. The molecule has 2 N–H and O–H groups in total. The maximum atomic E-state index is 5.95. The standard InChI is InChI=1S/C13H19NO/c1-9-3-4-11(7-10(9)2)13-8-12(14)5-6-15-13/h3-4,7,12-13H,5-6,8,14H2,1-2H3. The van der Waals surface area contributed by atoms with Crippen LogP contribution in [0.4, 0.5) is 0 Å². The summed E-state index contributed by atoms with van der Waals surface area (Å²) in [6, 6.07) is 6.84. The van der Waals surface area contributed by atoms with Gasteiger partial charge in [0.15, 0.2) is 0 Å². The number of benzene rings is 1. The minimum Gasteiger partial charge on any atom is -0.373 e. The van der Waals surface area contributed by atoms with E-state index in [2.05, 4.69) is 32.0 Å². The topological polar surface area (TPSA) is 35.2 Å². The zero-order chi connectivity index (χ0) is 10.8. The zero-order valence-electron chi connectivity index (χ0n) is 9.49. The van der Waals surface area contributed by atoms with E-state index in [1.54, 1.807) is 0 Å². The molecule has 0 aliphatic carbocycles. The first-order valence-electron chi connectivity index (χ1n) is 5.61. The average Bonchev–Trinajstić information content (AvgIpc) is 2.22. The molecular formula is C13H19NO. The Morgan fingerprint density at radius 1 is 1.27 bits per heavy atom. The van der Waals surface area contributed by atoms with E-state index in [-0.39, 0.29) is 6.10 Å². The number of aryl methyl sites for hydroxylation is 2. The van der Waals surface area contributed by atoms with Gasteiger partial charge in [-0.25, -0.2) is 0 Å². The summed E-state index contributed by atoms with van der Waals surface area (Å²) in [6.45, 7) is 5.06. The Morgan fingerprint density at radius 2 is 2.07 bits per heavy atom. The highest BCUT2D eigenvalue weighted by Gasteiger charge is 2.21. The van der Waals surface area contributed by atoms with Gasteiger partial charge in [-0.05, 0) is 43.4 Å². The van der Waals surface area contributed by atoms with Crippen LogP contribution >= 0.6 is 0 Å². The van der Waals surface area contributed by atoms with E-state index in [0.29, 0.717) is 6.04 Å². The van der Waals surface area contributed by atoms with Crippen LogP contribution in [0.2, 0.25) is 0 Å². The predicted octanol–water partition coefficient (Wildman–Crippen LogP) is 2.48. The lowest BCUT2D eigenvalue weighted by molar-refractivity contribution is 0.00664. The lowest BCUT2D eigenvalue weighted by Crippen LogP contribution is -2.30. The second-order valence-corrected chi connectivity index (χ2v) is 4.49. The maximum absolute atomic E-state index is 5.95. The van der Waals surface area contributed by atoms with Gasteiger partial charge in [0.05, 0.1) is 6.10 Å². The third-order valence-corrected chi connectivity index (χ3v) is 3.23. The summed E-state index contributed by atoms with van der Waals surface area (Å²) >= 11 is 0. The molecule has 0 saturated carbocycles. The summed E-state index contributed by atoms with van der Waals surface area (Å²) in [5, 5.41) is 0. The zero-order valence-corrected chi connectivity index (χ0v) is 9.49. The van der Waals surface area contributed by atoms with E-state index in [1.165, 1.54) is 16.7 Å². The first-order valence-corrected chi connectivity index (χ1v) is 5.61. The highest BCUT2D eigenvalue weighted by molar-refractivity contribution is 5.31.